The Kier molecular flexibility index (Phi) is 4.48. The minimum atomic E-state index is 0.0316. The highest BCUT2D eigenvalue weighted by atomic mass is 35.5. The molecule has 1 aromatic carbocycles. The van der Waals surface area contributed by atoms with Crippen molar-refractivity contribution in [1.29, 1.82) is 0 Å². The Morgan fingerprint density at radius 3 is 2.50 bits per heavy atom. The van der Waals surface area contributed by atoms with Gasteiger partial charge in [-0.3, -0.25) is 4.79 Å². The molecule has 1 aromatic rings. The predicted octanol–water partition coefficient (Wildman–Crippen LogP) is 3.95. The van der Waals surface area contributed by atoms with E-state index in [2.05, 4.69) is 5.32 Å². The Bertz CT molecular complexity index is 426. The van der Waals surface area contributed by atoms with E-state index in [0.717, 1.165) is 25.7 Å². The molecule has 2 rings (SSSR count). The summed E-state index contributed by atoms with van der Waals surface area (Å²) in [6.07, 6.45) is 6.67. The largest absolute Gasteiger partial charge is 0.506 e. The molecule has 0 saturated heterocycles. The number of anilines is 1. The molecule has 2 N–H and O–H groups in total. The maximum atomic E-state index is 12.1. The average molecular weight is 268 g/mol. The van der Waals surface area contributed by atoms with E-state index >= 15 is 0 Å². The van der Waals surface area contributed by atoms with Gasteiger partial charge in [0.25, 0.3) is 0 Å². The number of phenols is 1. The van der Waals surface area contributed by atoms with Gasteiger partial charge in [-0.25, -0.2) is 0 Å². The summed E-state index contributed by atoms with van der Waals surface area (Å²) in [5.74, 6) is 0.211. The molecular formula is C14H18ClNO2. The van der Waals surface area contributed by atoms with Gasteiger partial charge >= 0.3 is 0 Å². The van der Waals surface area contributed by atoms with Crippen molar-refractivity contribution in [1.82, 2.24) is 0 Å². The number of halogens is 1. The van der Waals surface area contributed by atoms with Crippen LogP contribution in [0.1, 0.15) is 38.5 Å². The highest BCUT2D eigenvalue weighted by Crippen LogP contribution is 2.28. The summed E-state index contributed by atoms with van der Waals surface area (Å²) < 4.78 is 0. The minimum absolute atomic E-state index is 0.0316. The van der Waals surface area contributed by atoms with Crippen molar-refractivity contribution in [2.75, 3.05) is 5.32 Å². The van der Waals surface area contributed by atoms with Gasteiger partial charge in [0.2, 0.25) is 5.91 Å². The van der Waals surface area contributed by atoms with Crippen LogP contribution in [-0.2, 0) is 4.79 Å². The maximum Gasteiger partial charge on any atom is 0.227 e. The van der Waals surface area contributed by atoms with Crippen LogP contribution in [0.4, 0.5) is 5.69 Å². The number of phenolic OH excluding ortho intramolecular Hbond substituents is 1. The van der Waals surface area contributed by atoms with Gasteiger partial charge in [0, 0.05) is 11.6 Å². The van der Waals surface area contributed by atoms with Crippen molar-refractivity contribution in [2.45, 2.75) is 38.5 Å². The third kappa shape index (κ3) is 3.39. The monoisotopic (exact) mass is 267 g/mol. The average Bonchev–Trinajstić information content (AvgIpc) is 2.62. The van der Waals surface area contributed by atoms with Crippen LogP contribution < -0.4 is 5.32 Å². The summed E-state index contributed by atoms with van der Waals surface area (Å²) in [5, 5.41) is 12.5. The number of rotatable bonds is 2. The lowest BCUT2D eigenvalue weighted by Gasteiger charge is -2.14. The Hall–Kier alpha value is -1.22. The highest BCUT2D eigenvalue weighted by molar-refractivity contribution is 6.32. The van der Waals surface area contributed by atoms with Crippen LogP contribution in [0.5, 0.6) is 5.75 Å². The molecule has 0 atom stereocenters. The fourth-order valence-corrected chi connectivity index (χ4v) is 2.55. The van der Waals surface area contributed by atoms with E-state index in [1.807, 2.05) is 0 Å². The summed E-state index contributed by atoms with van der Waals surface area (Å²) in [4.78, 5) is 12.1. The molecule has 1 saturated carbocycles. The number of hydrogen-bond donors (Lipinski definition) is 2. The molecule has 1 aliphatic rings. The number of hydrogen-bond acceptors (Lipinski definition) is 2. The van der Waals surface area contributed by atoms with E-state index in [4.69, 9.17) is 11.6 Å². The fraction of sp³-hybridized carbons (Fsp3) is 0.500. The SMILES string of the molecule is O=C(Nc1ccc(O)c(Cl)c1)C1CCCCCC1. The Labute approximate surface area is 112 Å². The summed E-state index contributed by atoms with van der Waals surface area (Å²) in [6, 6.07) is 4.73. The van der Waals surface area contributed by atoms with Gasteiger partial charge in [-0.1, -0.05) is 37.3 Å². The van der Waals surface area contributed by atoms with Gasteiger partial charge in [-0.2, -0.15) is 0 Å². The molecule has 98 valence electrons. The van der Waals surface area contributed by atoms with Crippen LogP contribution in [0.3, 0.4) is 0 Å². The molecule has 0 aromatic heterocycles. The molecule has 1 amide bonds. The fourth-order valence-electron chi connectivity index (χ4n) is 2.37. The number of benzene rings is 1. The molecule has 0 unspecified atom stereocenters. The van der Waals surface area contributed by atoms with E-state index in [-0.39, 0.29) is 22.6 Å². The lowest BCUT2D eigenvalue weighted by Crippen LogP contribution is -2.22. The van der Waals surface area contributed by atoms with Gasteiger partial charge in [-0.05, 0) is 31.0 Å². The first-order valence-corrected chi connectivity index (χ1v) is 6.84. The van der Waals surface area contributed by atoms with Crippen LogP contribution >= 0.6 is 11.6 Å². The number of carbonyl (C=O) groups excluding carboxylic acids is 1. The van der Waals surface area contributed by atoms with Crippen molar-refractivity contribution < 1.29 is 9.90 Å². The second-order valence-electron chi connectivity index (χ2n) is 4.84. The third-order valence-corrected chi connectivity index (χ3v) is 3.74. The number of nitrogens with one attached hydrogen (secondary N) is 1. The minimum Gasteiger partial charge on any atom is -0.506 e. The molecule has 0 aliphatic heterocycles. The lowest BCUT2D eigenvalue weighted by molar-refractivity contribution is -0.120. The molecule has 1 fully saturated rings. The van der Waals surface area contributed by atoms with Crippen LogP contribution in [0.15, 0.2) is 18.2 Å². The Balaban J connectivity index is 1.99. The molecule has 0 spiro atoms. The van der Waals surface area contributed by atoms with Crippen LogP contribution in [0.25, 0.3) is 0 Å². The lowest BCUT2D eigenvalue weighted by atomic mass is 9.99. The first kappa shape index (κ1) is 13.2. The zero-order valence-corrected chi connectivity index (χ0v) is 11.0. The molecule has 1 aliphatic carbocycles. The zero-order chi connectivity index (χ0) is 13.0. The van der Waals surface area contributed by atoms with Crippen molar-refractivity contribution in [3.05, 3.63) is 23.2 Å². The standard InChI is InChI=1S/C14H18ClNO2/c15-12-9-11(7-8-13(12)17)16-14(18)10-5-3-1-2-4-6-10/h7-10,17H,1-6H2,(H,16,18). The van der Waals surface area contributed by atoms with Crippen LogP contribution in [0.2, 0.25) is 5.02 Å². The van der Waals surface area contributed by atoms with Crippen molar-refractivity contribution in [3.63, 3.8) is 0 Å². The maximum absolute atomic E-state index is 12.1. The van der Waals surface area contributed by atoms with Gasteiger partial charge in [0.1, 0.15) is 5.75 Å². The second kappa shape index (κ2) is 6.10. The van der Waals surface area contributed by atoms with Crippen LogP contribution in [0, 0.1) is 5.92 Å². The van der Waals surface area contributed by atoms with E-state index in [1.165, 1.54) is 18.9 Å². The van der Waals surface area contributed by atoms with E-state index in [1.54, 1.807) is 12.1 Å². The Morgan fingerprint density at radius 1 is 1.22 bits per heavy atom. The zero-order valence-electron chi connectivity index (χ0n) is 10.3. The third-order valence-electron chi connectivity index (χ3n) is 3.44. The summed E-state index contributed by atoms with van der Waals surface area (Å²) in [5.41, 5.74) is 0.645. The van der Waals surface area contributed by atoms with Gasteiger partial charge < -0.3 is 10.4 Å². The van der Waals surface area contributed by atoms with Crippen molar-refractivity contribution in [2.24, 2.45) is 5.92 Å². The molecular weight excluding hydrogens is 250 g/mol. The van der Waals surface area contributed by atoms with Crippen LogP contribution in [-0.4, -0.2) is 11.0 Å². The van der Waals surface area contributed by atoms with Crippen molar-refractivity contribution in [3.8, 4) is 5.75 Å². The number of amides is 1. The highest BCUT2D eigenvalue weighted by Gasteiger charge is 2.20. The normalized spacial score (nSPS) is 17.2. The van der Waals surface area contributed by atoms with Crippen molar-refractivity contribution >= 4 is 23.2 Å². The first-order valence-electron chi connectivity index (χ1n) is 6.46. The summed E-state index contributed by atoms with van der Waals surface area (Å²) in [6.45, 7) is 0. The van der Waals surface area contributed by atoms with E-state index < -0.39 is 0 Å². The van der Waals surface area contributed by atoms with E-state index in [9.17, 15) is 9.90 Å². The molecule has 0 radical (unpaired) electrons. The first-order chi connectivity index (χ1) is 8.66. The topological polar surface area (TPSA) is 49.3 Å². The summed E-state index contributed by atoms with van der Waals surface area (Å²) >= 11 is 5.81. The number of carbonyl (C=O) groups is 1. The molecule has 4 heteroatoms. The van der Waals surface area contributed by atoms with Gasteiger partial charge in [0.15, 0.2) is 0 Å². The molecule has 18 heavy (non-hydrogen) atoms. The van der Waals surface area contributed by atoms with Gasteiger partial charge in [-0.15, -0.1) is 0 Å². The smallest absolute Gasteiger partial charge is 0.227 e. The molecule has 3 nitrogen and oxygen atoms in total. The van der Waals surface area contributed by atoms with Gasteiger partial charge in [0.05, 0.1) is 5.02 Å². The second-order valence-corrected chi connectivity index (χ2v) is 5.25. The quantitative estimate of drug-likeness (QED) is 0.630. The molecule has 0 heterocycles. The summed E-state index contributed by atoms with van der Waals surface area (Å²) in [7, 11) is 0. The predicted molar refractivity (Wildman–Crippen MR) is 72.9 cm³/mol. The Morgan fingerprint density at radius 2 is 1.89 bits per heavy atom. The number of aromatic hydroxyl groups is 1. The van der Waals surface area contributed by atoms with E-state index in [0.29, 0.717) is 5.69 Å². The molecule has 0 bridgehead atoms.